The summed E-state index contributed by atoms with van der Waals surface area (Å²) in [6.45, 7) is -3.28. The first-order valence-corrected chi connectivity index (χ1v) is 12.1. The molecule has 0 radical (unpaired) electrons. The molecule has 0 amide bonds. The molecule has 2 aromatic carbocycles. The van der Waals surface area contributed by atoms with Gasteiger partial charge in [-0.25, -0.2) is 18.0 Å². The Kier molecular flexibility index (Phi) is 8.10. The molecule has 0 aliphatic heterocycles. The van der Waals surface area contributed by atoms with Crippen LogP contribution in [0.5, 0.6) is 5.75 Å². The summed E-state index contributed by atoms with van der Waals surface area (Å²) in [5.74, 6) is -7.78. The zero-order chi connectivity index (χ0) is 28.5. The van der Waals surface area contributed by atoms with E-state index in [0.717, 1.165) is 18.3 Å². The Balaban J connectivity index is 1.67. The van der Waals surface area contributed by atoms with E-state index in [0.29, 0.717) is 5.56 Å². The van der Waals surface area contributed by atoms with Crippen LogP contribution in [0.25, 0.3) is 11.1 Å². The summed E-state index contributed by atoms with van der Waals surface area (Å²) in [7, 11) is 0. The van der Waals surface area contributed by atoms with E-state index in [1.807, 2.05) is 0 Å². The highest BCUT2D eigenvalue weighted by Crippen LogP contribution is 2.47. The van der Waals surface area contributed by atoms with Crippen LogP contribution in [0.2, 0.25) is 5.02 Å². The van der Waals surface area contributed by atoms with Crippen LogP contribution in [0.4, 0.5) is 22.0 Å². The highest BCUT2D eigenvalue weighted by Gasteiger charge is 2.47. The minimum Gasteiger partial charge on any atom is -0.618 e. The Morgan fingerprint density at radius 2 is 1.77 bits per heavy atom. The van der Waals surface area contributed by atoms with Crippen LogP contribution < -0.4 is 9.47 Å². The lowest BCUT2D eigenvalue weighted by atomic mass is 9.74. The number of ketones is 1. The molecular formula is C27H21ClF5NO5. The molecule has 1 fully saturated rings. The van der Waals surface area contributed by atoms with Gasteiger partial charge >= 0.3 is 12.6 Å². The maximum Gasteiger partial charge on any atom is 0.387 e. The van der Waals surface area contributed by atoms with Gasteiger partial charge in [-0.2, -0.15) is 13.5 Å². The predicted octanol–water partition coefficient (Wildman–Crippen LogP) is 6.41. The van der Waals surface area contributed by atoms with Crippen LogP contribution in [0.15, 0.2) is 54.7 Å². The van der Waals surface area contributed by atoms with E-state index < -0.39 is 71.1 Å². The lowest BCUT2D eigenvalue weighted by Crippen LogP contribution is -2.40. The summed E-state index contributed by atoms with van der Waals surface area (Å²) < 4.78 is 72.2. The molecule has 1 N–H and O–H groups in total. The van der Waals surface area contributed by atoms with Gasteiger partial charge in [-0.1, -0.05) is 23.7 Å². The summed E-state index contributed by atoms with van der Waals surface area (Å²) >= 11 is 5.80. The molecule has 1 unspecified atom stereocenters. The summed E-state index contributed by atoms with van der Waals surface area (Å²) in [5.41, 5.74) is -0.275. The molecule has 39 heavy (non-hydrogen) atoms. The third kappa shape index (κ3) is 6.47. The van der Waals surface area contributed by atoms with Gasteiger partial charge in [0.05, 0.1) is 21.7 Å². The monoisotopic (exact) mass is 569 g/mol. The summed E-state index contributed by atoms with van der Waals surface area (Å²) in [6, 6.07) is 9.99. The average molecular weight is 570 g/mol. The molecule has 1 aliphatic rings. The topological polar surface area (TPSA) is 90.5 Å². The van der Waals surface area contributed by atoms with Crippen molar-refractivity contribution in [2.75, 3.05) is 0 Å². The van der Waals surface area contributed by atoms with Gasteiger partial charge in [0.1, 0.15) is 11.7 Å². The smallest absolute Gasteiger partial charge is 0.387 e. The SMILES string of the molecule is O=C(O)c1ccc(CC(=O)C(CC2CC(F)(F)C2)c2ccc(-c3c(OC(F)F)ccc(Cl)c3F)c[n+]2[O-])cc1. The highest BCUT2D eigenvalue weighted by atomic mass is 35.5. The van der Waals surface area contributed by atoms with Gasteiger partial charge in [-0.3, -0.25) is 4.79 Å². The fourth-order valence-corrected chi connectivity index (χ4v) is 4.86. The number of carboxylic acids is 1. The highest BCUT2D eigenvalue weighted by molar-refractivity contribution is 6.31. The molecule has 3 aromatic rings. The number of rotatable bonds is 10. The minimum absolute atomic E-state index is 0.0101. The molecule has 12 heteroatoms. The van der Waals surface area contributed by atoms with Crippen LogP contribution in [0.1, 0.15) is 46.8 Å². The van der Waals surface area contributed by atoms with Gasteiger partial charge in [-0.15, -0.1) is 0 Å². The number of aromatic nitrogens is 1. The zero-order valence-corrected chi connectivity index (χ0v) is 20.8. The predicted molar refractivity (Wildman–Crippen MR) is 130 cm³/mol. The number of aromatic carboxylic acids is 1. The molecule has 6 nitrogen and oxygen atoms in total. The molecule has 1 saturated carbocycles. The van der Waals surface area contributed by atoms with Crippen molar-refractivity contribution in [3.05, 3.63) is 87.6 Å². The average Bonchev–Trinajstić information content (AvgIpc) is 2.84. The van der Waals surface area contributed by atoms with E-state index in [9.17, 15) is 36.7 Å². The van der Waals surface area contributed by atoms with Crippen LogP contribution in [0, 0.1) is 16.9 Å². The number of carbonyl (C=O) groups is 2. The van der Waals surface area contributed by atoms with Crippen molar-refractivity contribution in [3.8, 4) is 16.9 Å². The number of Topliss-reactive ketones (excluding diaryl/α,β-unsaturated/α-hetero) is 1. The van der Waals surface area contributed by atoms with Crippen molar-refractivity contribution in [2.45, 2.75) is 44.1 Å². The van der Waals surface area contributed by atoms with E-state index in [1.165, 1.54) is 36.4 Å². The first-order valence-electron chi connectivity index (χ1n) is 11.7. The first kappa shape index (κ1) is 28.3. The van der Waals surface area contributed by atoms with Crippen molar-refractivity contribution in [2.24, 2.45) is 5.92 Å². The molecule has 4 rings (SSSR count). The third-order valence-corrected chi connectivity index (χ3v) is 6.87. The zero-order valence-electron chi connectivity index (χ0n) is 20.1. The molecule has 1 aromatic heterocycles. The number of ether oxygens (including phenoxy) is 1. The van der Waals surface area contributed by atoms with Crippen LogP contribution >= 0.6 is 11.6 Å². The Labute approximate surface area is 224 Å². The van der Waals surface area contributed by atoms with E-state index in [1.54, 1.807) is 0 Å². The van der Waals surface area contributed by atoms with Gasteiger partial charge in [-0.05, 0) is 48.2 Å². The molecule has 1 atom stereocenters. The van der Waals surface area contributed by atoms with Crippen molar-refractivity contribution < 1.29 is 46.1 Å². The fourth-order valence-electron chi connectivity index (χ4n) is 4.70. The Morgan fingerprint density at radius 1 is 1.10 bits per heavy atom. The number of alkyl halides is 4. The number of carboxylic acid groups (broad SMARTS) is 1. The number of carbonyl (C=O) groups excluding carboxylic acids is 1. The van der Waals surface area contributed by atoms with Gasteiger partial charge < -0.3 is 15.1 Å². The fraction of sp³-hybridized carbons (Fsp3) is 0.296. The quantitative estimate of drug-likeness (QED) is 0.173. The number of hydrogen-bond acceptors (Lipinski definition) is 4. The molecule has 0 spiro atoms. The van der Waals surface area contributed by atoms with Gasteiger partial charge in [0.25, 0.3) is 0 Å². The number of benzene rings is 2. The van der Waals surface area contributed by atoms with Crippen LogP contribution in [0.3, 0.4) is 0 Å². The van der Waals surface area contributed by atoms with Crippen molar-refractivity contribution in [1.82, 2.24) is 0 Å². The number of halogens is 6. The maximum absolute atomic E-state index is 14.8. The molecule has 0 bridgehead atoms. The van der Waals surface area contributed by atoms with E-state index in [4.69, 9.17) is 16.7 Å². The van der Waals surface area contributed by atoms with Crippen LogP contribution in [-0.2, 0) is 11.2 Å². The first-order chi connectivity index (χ1) is 18.3. The second kappa shape index (κ2) is 11.2. The van der Waals surface area contributed by atoms with Gasteiger partial charge in [0.2, 0.25) is 11.6 Å². The summed E-state index contributed by atoms with van der Waals surface area (Å²) in [6.07, 6.45) is -0.259. The van der Waals surface area contributed by atoms with E-state index in [2.05, 4.69) is 4.74 Å². The number of pyridine rings is 1. The molecule has 206 valence electrons. The van der Waals surface area contributed by atoms with Crippen molar-refractivity contribution in [3.63, 3.8) is 0 Å². The molecule has 1 aliphatic carbocycles. The lowest BCUT2D eigenvalue weighted by molar-refractivity contribution is -0.614. The third-order valence-electron chi connectivity index (χ3n) is 6.57. The Morgan fingerprint density at radius 3 is 2.33 bits per heavy atom. The number of nitrogens with zero attached hydrogens (tertiary/aromatic N) is 1. The second-order valence-corrected chi connectivity index (χ2v) is 9.75. The maximum atomic E-state index is 14.8. The van der Waals surface area contributed by atoms with E-state index in [-0.39, 0.29) is 34.4 Å². The van der Waals surface area contributed by atoms with Gasteiger partial charge in [0.15, 0.2) is 17.8 Å². The van der Waals surface area contributed by atoms with Crippen molar-refractivity contribution >= 4 is 23.4 Å². The van der Waals surface area contributed by atoms with Gasteiger partial charge in [0, 0.05) is 25.3 Å². The summed E-state index contributed by atoms with van der Waals surface area (Å²) in [5, 5.41) is 21.7. The minimum atomic E-state index is -3.28. The largest absolute Gasteiger partial charge is 0.618 e. The molecule has 1 heterocycles. The van der Waals surface area contributed by atoms with Crippen LogP contribution in [-0.4, -0.2) is 29.4 Å². The van der Waals surface area contributed by atoms with Crippen molar-refractivity contribution in [1.29, 1.82) is 0 Å². The Hall–Kier alpha value is -3.73. The summed E-state index contributed by atoms with van der Waals surface area (Å²) in [4.78, 5) is 24.4. The molecular weight excluding hydrogens is 549 g/mol. The normalized spacial score (nSPS) is 15.6. The Bertz CT molecular complexity index is 1390. The second-order valence-electron chi connectivity index (χ2n) is 9.35. The molecule has 0 saturated heterocycles. The lowest BCUT2D eigenvalue weighted by Gasteiger charge is -2.36. The number of hydrogen-bond donors (Lipinski definition) is 1. The van der Waals surface area contributed by atoms with E-state index >= 15 is 0 Å². The standard InChI is InChI=1S/C27H21ClF5NO5/c28-19-6-8-22(39-26(30)31)23(24(19)29)17-5-7-20(34(38)13-17)18(9-15-11-27(32,33)12-15)21(35)10-14-1-3-16(4-2-14)25(36)37/h1-8,13,15,18,26H,9-12H2,(H,36,37).